The van der Waals surface area contributed by atoms with Crippen LogP contribution in [0.1, 0.15) is 34.8 Å². The molecule has 1 saturated heterocycles. The average Bonchev–Trinajstić information content (AvgIpc) is 3.34. The van der Waals surface area contributed by atoms with Crippen LogP contribution in [0.5, 0.6) is 0 Å². The van der Waals surface area contributed by atoms with Gasteiger partial charge in [-0.3, -0.25) is 9.59 Å². The van der Waals surface area contributed by atoms with Gasteiger partial charge in [0.1, 0.15) is 10.7 Å². The molecule has 6 nitrogen and oxygen atoms in total. The van der Waals surface area contributed by atoms with E-state index in [1.54, 1.807) is 12.0 Å². The molecule has 1 aromatic carbocycles. The number of fused-ring (bicyclic) bond motifs is 1. The molecular formula is C20H22N2O4S. The summed E-state index contributed by atoms with van der Waals surface area (Å²) < 4.78 is 5.19. The zero-order chi connectivity index (χ0) is 19.0. The maximum absolute atomic E-state index is 13.3. The Morgan fingerprint density at radius 2 is 2.15 bits per heavy atom. The van der Waals surface area contributed by atoms with Crippen LogP contribution in [0.3, 0.4) is 0 Å². The Balaban J connectivity index is 1.67. The highest BCUT2D eigenvalue weighted by atomic mass is 32.1. The smallest absolute Gasteiger partial charge is 0.311 e. The fourth-order valence-electron chi connectivity index (χ4n) is 4.42. The van der Waals surface area contributed by atoms with Crippen LogP contribution < -0.4 is 0 Å². The van der Waals surface area contributed by atoms with Crippen molar-refractivity contribution in [2.45, 2.75) is 25.9 Å². The van der Waals surface area contributed by atoms with Crippen molar-refractivity contribution in [1.82, 2.24) is 9.88 Å². The summed E-state index contributed by atoms with van der Waals surface area (Å²) in [7, 11) is 1.60. The molecule has 2 fully saturated rings. The third-order valence-electron chi connectivity index (χ3n) is 5.76. The second kappa shape index (κ2) is 7.05. The van der Waals surface area contributed by atoms with Gasteiger partial charge in [0.05, 0.1) is 16.9 Å². The van der Waals surface area contributed by atoms with Gasteiger partial charge >= 0.3 is 5.97 Å². The van der Waals surface area contributed by atoms with Gasteiger partial charge in [-0.05, 0) is 24.3 Å². The van der Waals surface area contributed by atoms with Crippen LogP contribution in [0.25, 0.3) is 10.4 Å². The number of carbonyl (C=O) groups is 2. The van der Waals surface area contributed by atoms with E-state index >= 15 is 0 Å². The SMILES string of the molecule is COCc1nc(C(=O)N2C[C@@H]3CCC[C@@]3(C(=O)O)C2)c(-c2ccccc2)s1. The number of amides is 1. The van der Waals surface area contributed by atoms with Crippen molar-refractivity contribution in [3.05, 3.63) is 41.0 Å². The number of likely N-dealkylation sites (tertiary alicyclic amines) is 1. The number of thiazole rings is 1. The molecule has 0 bridgehead atoms. The molecule has 0 unspecified atom stereocenters. The van der Waals surface area contributed by atoms with Crippen LogP contribution in [-0.2, 0) is 16.1 Å². The number of aliphatic carboxylic acids is 1. The van der Waals surface area contributed by atoms with Crippen molar-refractivity contribution >= 4 is 23.2 Å². The Hall–Kier alpha value is -2.25. The van der Waals surface area contributed by atoms with E-state index in [9.17, 15) is 14.7 Å². The summed E-state index contributed by atoms with van der Waals surface area (Å²) in [6.45, 7) is 1.12. The molecule has 0 radical (unpaired) electrons. The number of nitrogens with zero attached hydrogens (tertiary/aromatic N) is 2. The van der Waals surface area contributed by atoms with Gasteiger partial charge in [-0.25, -0.2) is 4.98 Å². The molecule has 2 aliphatic rings. The molecule has 142 valence electrons. The first-order chi connectivity index (χ1) is 13.0. The molecule has 1 aliphatic heterocycles. The number of carboxylic acids is 1. The second-order valence-corrected chi connectivity index (χ2v) is 8.40. The molecule has 7 heteroatoms. The number of benzene rings is 1. The highest BCUT2D eigenvalue weighted by molar-refractivity contribution is 7.15. The molecule has 4 rings (SSSR count). The minimum absolute atomic E-state index is 0.0382. The molecule has 2 aromatic rings. The predicted octanol–water partition coefficient (Wildman–Crippen LogP) is 3.28. The average molecular weight is 386 g/mol. The van der Waals surface area contributed by atoms with Crippen molar-refractivity contribution in [2.24, 2.45) is 11.3 Å². The monoisotopic (exact) mass is 386 g/mol. The highest BCUT2D eigenvalue weighted by Gasteiger charge is 2.56. The Bertz CT molecular complexity index is 866. The van der Waals surface area contributed by atoms with Crippen LogP contribution in [0, 0.1) is 11.3 Å². The zero-order valence-corrected chi connectivity index (χ0v) is 16.0. The predicted molar refractivity (Wildman–Crippen MR) is 102 cm³/mol. The molecular weight excluding hydrogens is 364 g/mol. The van der Waals surface area contributed by atoms with Gasteiger partial charge < -0.3 is 14.7 Å². The van der Waals surface area contributed by atoms with Crippen molar-refractivity contribution < 1.29 is 19.4 Å². The topological polar surface area (TPSA) is 79.7 Å². The van der Waals surface area contributed by atoms with E-state index < -0.39 is 11.4 Å². The van der Waals surface area contributed by atoms with Gasteiger partial charge in [-0.15, -0.1) is 11.3 Å². The number of hydrogen-bond donors (Lipinski definition) is 1. The van der Waals surface area contributed by atoms with Crippen LogP contribution in [0.2, 0.25) is 0 Å². The van der Waals surface area contributed by atoms with E-state index in [4.69, 9.17) is 4.74 Å². The highest BCUT2D eigenvalue weighted by Crippen LogP contribution is 2.49. The Morgan fingerprint density at radius 1 is 1.37 bits per heavy atom. The first-order valence-corrected chi connectivity index (χ1v) is 9.93. The van der Waals surface area contributed by atoms with Crippen LogP contribution in [0.15, 0.2) is 30.3 Å². The lowest BCUT2D eigenvalue weighted by atomic mass is 9.81. The molecule has 1 saturated carbocycles. The molecule has 1 amide bonds. The number of methoxy groups -OCH3 is 1. The minimum Gasteiger partial charge on any atom is -0.481 e. The van der Waals surface area contributed by atoms with Gasteiger partial charge in [-0.1, -0.05) is 36.8 Å². The summed E-state index contributed by atoms with van der Waals surface area (Å²) in [5, 5.41) is 10.5. The summed E-state index contributed by atoms with van der Waals surface area (Å²) in [6.07, 6.45) is 2.44. The number of hydrogen-bond acceptors (Lipinski definition) is 5. The lowest BCUT2D eigenvalue weighted by Gasteiger charge is -2.23. The molecule has 2 heterocycles. The molecule has 2 atom stereocenters. The van der Waals surface area contributed by atoms with Crippen LogP contribution in [0.4, 0.5) is 0 Å². The van der Waals surface area contributed by atoms with Gasteiger partial charge in [0, 0.05) is 20.2 Å². The molecule has 1 aromatic heterocycles. The third kappa shape index (κ3) is 3.04. The molecule has 0 spiro atoms. The van der Waals surface area contributed by atoms with E-state index in [-0.39, 0.29) is 18.4 Å². The van der Waals surface area contributed by atoms with Gasteiger partial charge in [0.25, 0.3) is 5.91 Å². The summed E-state index contributed by atoms with van der Waals surface area (Å²) in [6, 6.07) is 9.70. The van der Waals surface area contributed by atoms with Gasteiger partial charge in [0.2, 0.25) is 0 Å². The Kier molecular flexibility index (Phi) is 4.74. The van der Waals surface area contributed by atoms with Crippen molar-refractivity contribution in [2.75, 3.05) is 20.2 Å². The lowest BCUT2D eigenvalue weighted by Crippen LogP contribution is -2.37. The van der Waals surface area contributed by atoms with E-state index in [0.717, 1.165) is 28.3 Å². The summed E-state index contributed by atoms with van der Waals surface area (Å²) in [4.78, 5) is 32.3. The molecule has 1 aliphatic carbocycles. The summed E-state index contributed by atoms with van der Waals surface area (Å²) in [5.41, 5.74) is 0.556. The van der Waals surface area contributed by atoms with Crippen LogP contribution >= 0.6 is 11.3 Å². The number of rotatable bonds is 5. The van der Waals surface area contributed by atoms with E-state index in [0.29, 0.717) is 25.3 Å². The Labute approximate surface area is 161 Å². The first-order valence-electron chi connectivity index (χ1n) is 9.12. The maximum Gasteiger partial charge on any atom is 0.311 e. The quantitative estimate of drug-likeness (QED) is 0.853. The van der Waals surface area contributed by atoms with Crippen molar-refractivity contribution in [3.63, 3.8) is 0 Å². The second-order valence-electron chi connectivity index (χ2n) is 7.32. The largest absolute Gasteiger partial charge is 0.481 e. The van der Waals surface area contributed by atoms with E-state index in [1.807, 2.05) is 30.3 Å². The fourth-order valence-corrected chi connectivity index (χ4v) is 5.46. The third-order valence-corrected chi connectivity index (χ3v) is 6.84. The summed E-state index contributed by atoms with van der Waals surface area (Å²) in [5.74, 6) is -0.916. The van der Waals surface area contributed by atoms with Gasteiger partial charge in [0.15, 0.2) is 0 Å². The zero-order valence-electron chi connectivity index (χ0n) is 15.2. The van der Waals surface area contributed by atoms with Crippen LogP contribution in [-0.4, -0.2) is 47.1 Å². The number of carbonyl (C=O) groups excluding carboxylic acids is 1. The van der Waals surface area contributed by atoms with E-state index in [2.05, 4.69) is 4.98 Å². The Morgan fingerprint density at radius 3 is 2.81 bits per heavy atom. The maximum atomic E-state index is 13.3. The summed E-state index contributed by atoms with van der Waals surface area (Å²) >= 11 is 1.45. The minimum atomic E-state index is -0.784. The van der Waals surface area contributed by atoms with Crippen molar-refractivity contribution in [3.8, 4) is 10.4 Å². The standard InChI is InChI=1S/C20H22N2O4S/c1-26-11-15-21-16(17(27-15)13-6-3-2-4-7-13)18(23)22-10-14-8-5-9-20(14,12-22)19(24)25/h2-4,6-7,14H,5,8-12H2,1H3,(H,24,25)/t14-,20+/m0/s1. The molecule has 27 heavy (non-hydrogen) atoms. The van der Waals surface area contributed by atoms with E-state index in [1.165, 1.54) is 11.3 Å². The number of ether oxygens (including phenoxy) is 1. The fraction of sp³-hybridized carbons (Fsp3) is 0.450. The van der Waals surface area contributed by atoms with Gasteiger partial charge in [-0.2, -0.15) is 0 Å². The number of carboxylic acid groups (broad SMARTS) is 1. The normalized spacial score (nSPS) is 24.2. The molecule has 1 N–H and O–H groups in total. The lowest BCUT2D eigenvalue weighted by molar-refractivity contribution is -0.149. The number of aromatic nitrogens is 1. The first kappa shape index (κ1) is 18.1. The van der Waals surface area contributed by atoms with Crippen molar-refractivity contribution in [1.29, 1.82) is 0 Å².